The van der Waals surface area contributed by atoms with Crippen molar-refractivity contribution in [3.05, 3.63) is 71.5 Å². The van der Waals surface area contributed by atoms with Gasteiger partial charge in [-0.1, -0.05) is 42.5 Å². The minimum atomic E-state index is -3.52. The Morgan fingerprint density at radius 2 is 1.83 bits per heavy atom. The van der Waals surface area contributed by atoms with E-state index in [2.05, 4.69) is 0 Å². The van der Waals surface area contributed by atoms with Crippen molar-refractivity contribution < 1.29 is 12.8 Å². The maximum atomic E-state index is 13.2. The van der Waals surface area contributed by atoms with Gasteiger partial charge in [-0.15, -0.1) is 0 Å². The zero-order chi connectivity index (χ0) is 16.4. The van der Waals surface area contributed by atoms with E-state index < -0.39 is 15.8 Å². The molecule has 4 nitrogen and oxygen atoms in total. The lowest BCUT2D eigenvalue weighted by atomic mass is 9.95. The first kappa shape index (κ1) is 16.1. The number of hydrogen-bond donors (Lipinski definition) is 1. The summed E-state index contributed by atoms with van der Waals surface area (Å²) < 4.78 is 39.8. The van der Waals surface area contributed by atoms with E-state index in [1.807, 2.05) is 30.3 Å². The molecule has 0 bridgehead atoms. The lowest BCUT2D eigenvalue weighted by molar-refractivity contribution is 0.469. The van der Waals surface area contributed by atoms with Crippen molar-refractivity contribution >= 4 is 10.0 Å². The number of benzene rings is 2. The molecule has 3 rings (SSSR count). The van der Waals surface area contributed by atoms with Gasteiger partial charge in [-0.3, -0.25) is 0 Å². The van der Waals surface area contributed by atoms with Gasteiger partial charge in [-0.05, 0) is 23.3 Å². The lowest BCUT2D eigenvalue weighted by Crippen LogP contribution is -2.33. The van der Waals surface area contributed by atoms with Crippen molar-refractivity contribution in [2.45, 2.75) is 17.7 Å². The molecule has 0 aliphatic carbocycles. The molecule has 0 unspecified atom stereocenters. The van der Waals surface area contributed by atoms with E-state index in [0.717, 1.165) is 5.56 Å². The molecular weight excluding hydrogens is 315 g/mol. The monoisotopic (exact) mass is 334 g/mol. The van der Waals surface area contributed by atoms with Gasteiger partial charge in [0.1, 0.15) is 5.82 Å². The van der Waals surface area contributed by atoms with Gasteiger partial charge in [0.2, 0.25) is 10.0 Å². The van der Waals surface area contributed by atoms with Crippen LogP contribution in [0.2, 0.25) is 0 Å². The molecule has 0 radical (unpaired) electrons. The van der Waals surface area contributed by atoms with Crippen LogP contribution in [-0.4, -0.2) is 31.9 Å². The van der Waals surface area contributed by atoms with Gasteiger partial charge >= 0.3 is 0 Å². The largest absolute Gasteiger partial charge is 0.326 e. The van der Waals surface area contributed by atoms with Crippen molar-refractivity contribution in [1.29, 1.82) is 0 Å². The van der Waals surface area contributed by atoms with E-state index in [1.54, 1.807) is 6.07 Å². The standard InChI is InChI=1S/C17H19FN2O2S/c18-15-8-4-5-13(9-15)12-23(21,22)20-10-16(17(19)11-20)14-6-2-1-3-7-14/h1-9,16-17H,10-12,19H2/t16-,17+/m0/s1. The van der Waals surface area contributed by atoms with Crippen LogP contribution in [0, 0.1) is 5.82 Å². The van der Waals surface area contributed by atoms with Crippen LogP contribution in [0.15, 0.2) is 54.6 Å². The number of hydrogen-bond acceptors (Lipinski definition) is 3. The molecule has 122 valence electrons. The average Bonchev–Trinajstić information content (AvgIpc) is 2.91. The summed E-state index contributed by atoms with van der Waals surface area (Å²) in [5.74, 6) is -0.657. The zero-order valence-electron chi connectivity index (χ0n) is 12.6. The molecule has 0 saturated carbocycles. The van der Waals surface area contributed by atoms with E-state index in [0.29, 0.717) is 12.1 Å². The molecule has 2 atom stereocenters. The summed E-state index contributed by atoms with van der Waals surface area (Å²) in [6.07, 6.45) is 0. The van der Waals surface area contributed by atoms with E-state index >= 15 is 0 Å². The first-order chi connectivity index (χ1) is 11.0. The highest BCUT2D eigenvalue weighted by atomic mass is 32.2. The first-order valence-corrected chi connectivity index (χ1v) is 9.09. The third kappa shape index (κ3) is 3.60. The highest BCUT2D eigenvalue weighted by Gasteiger charge is 2.37. The van der Waals surface area contributed by atoms with Crippen LogP contribution >= 0.6 is 0 Å². The number of sulfonamides is 1. The van der Waals surface area contributed by atoms with E-state index in [1.165, 1.54) is 22.5 Å². The first-order valence-electron chi connectivity index (χ1n) is 7.48. The molecule has 0 spiro atoms. The number of nitrogens with zero attached hydrogens (tertiary/aromatic N) is 1. The Kier molecular flexibility index (Phi) is 4.48. The average molecular weight is 334 g/mol. The third-order valence-electron chi connectivity index (χ3n) is 4.19. The second-order valence-electron chi connectivity index (χ2n) is 5.88. The molecule has 1 saturated heterocycles. The summed E-state index contributed by atoms with van der Waals surface area (Å²) in [6, 6.07) is 15.1. The second-order valence-corrected chi connectivity index (χ2v) is 7.85. The molecule has 1 aliphatic rings. The summed E-state index contributed by atoms with van der Waals surface area (Å²) >= 11 is 0. The zero-order valence-corrected chi connectivity index (χ0v) is 13.4. The highest BCUT2D eigenvalue weighted by molar-refractivity contribution is 7.88. The Morgan fingerprint density at radius 3 is 2.52 bits per heavy atom. The Morgan fingerprint density at radius 1 is 1.09 bits per heavy atom. The smallest absolute Gasteiger partial charge is 0.218 e. The van der Waals surface area contributed by atoms with E-state index in [4.69, 9.17) is 5.73 Å². The minimum absolute atomic E-state index is 0.0153. The predicted molar refractivity (Wildman–Crippen MR) is 87.8 cm³/mol. The van der Waals surface area contributed by atoms with Gasteiger partial charge in [0.05, 0.1) is 5.75 Å². The summed E-state index contributed by atoms with van der Waals surface area (Å²) in [5.41, 5.74) is 7.64. The van der Waals surface area contributed by atoms with Crippen LogP contribution in [0.25, 0.3) is 0 Å². The number of rotatable bonds is 4. The lowest BCUT2D eigenvalue weighted by Gasteiger charge is -2.16. The Bertz CT molecular complexity index is 780. The molecular formula is C17H19FN2O2S. The second kappa shape index (κ2) is 6.39. The van der Waals surface area contributed by atoms with Crippen molar-refractivity contribution in [3.8, 4) is 0 Å². The molecule has 2 aromatic rings. The summed E-state index contributed by atoms with van der Waals surface area (Å²) in [4.78, 5) is 0. The molecule has 23 heavy (non-hydrogen) atoms. The van der Waals surface area contributed by atoms with Crippen molar-refractivity contribution in [2.75, 3.05) is 13.1 Å². The topological polar surface area (TPSA) is 63.4 Å². The van der Waals surface area contributed by atoms with E-state index in [9.17, 15) is 12.8 Å². The van der Waals surface area contributed by atoms with Crippen molar-refractivity contribution in [3.63, 3.8) is 0 Å². The van der Waals surface area contributed by atoms with Gasteiger partial charge in [0.15, 0.2) is 0 Å². The Labute approximate surface area is 135 Å². The quantitative estimate of drug-likeness (QED) is 0.931. The van der Waals surface area contributed by atoms with Crippen LogP contribution < -0.4 is 5.73 Å². The molecule has 1 aliphatic heterocycles. The van der Waals surface area contributed by atoms with Gasteiger partial charge < -0.3 is 5.73 Å². The van der Waals surface area contributed by atoms with Crippen molar-refractivity contribution in [1.82, 2.24) is 4.31 Å². The number of nitrogens with two attached hydrogens (primary N) is 1. The van der Waals surface area contributed by atoms with E-state index in [-0.39, 0.29) is 24.3 Å². The Balaban J connectivity index is 1.77. The predicted octanol–water partition coefficient (Wildman–Crippen LogP) is 2.08. The Hall–Kier alpha value is -1.76. The highest BCUT2D eigenvalue weighted by Crippen LogP contribution is 2.29. The maximum absolute atomic E-state index is 13.2. The fourth-order valence-corrected chi connectivity index (χ4v) is 4.57. The molecule has 6 heteroatoms. The molecule has 1 heterocycles. The van der Waals surface area contributed by atoms with Crippen LogP contribution in [0.3, 0.4) is 0 Å². The fraction of sp³-hybridized carbons (Fsp3) is 0.294. The molecule has 2 aromatic carbocycles. The van der Waals surface area contributed by atoms with Crippen LogP contribution in [0.5, 0.6) is 0 Å². The maximum Gasteiger partial charge on any atom is 0.218 e. The molecule has 2 N–H and O–H groups in total. The summed E-state index contributed by atoms with van der Waals surface area (Å²) in [7, 11) is -3.52. The molecule has 0 aromatic heterocycles. The third-order valence-corrected chi connectivity index (χ3v) is 5.97. The van der Waals surface area contributed by atoms with Gasteiger partial charge in [0, 0.05) is 25.0 Å². The molecule has 1 fully saturated rings. The SMILES string of the molecule is N[C@@H]1CN(S(=O)(=O)Cc2cccc(F)c2)C[C@H]1c1ccccc1. The van der Waals surface area contributed by atoms with Crippen LogP contribution in [-0.2, 0) is 15.8 Å². The summed E-state index contributed by atoms with van der Waals surface area (Å²) in [5, 5.41) is 0. The fourth-order valence-electron chi connectivity index (χ4n) is 3.00. The van der Waals surface area contributed by atoms with Crippen molar-refractivity contribution in [2.24, 2.45) is 5.73 Å². The number of halogens is 1. The minimum Gasteiger partial charge on any atom is -0.326 e. The summed E-state index contributed by atoms with van der Waals surface area (Å²) in [6.45, 7) is 0.653. The van der Waals surface area contributed by atoms with Crippen LogP contribution in [0.4, 0.5) is 4.39 Å². The normalized spacial score (nSPS) is 22.3. The van der Waals surface area contributed by atoms with Gasteiger partial charge in [-0.2, -0.15) is 4.31 Å². The van der Waals surface area contributed by atoms with Gasteiger partial charge in [0.25, 0.3) is 0 Å². The van der Waals surface area contributed by atoms with Crippen LogP contribution in [0.1, 0.15) is 17.0 Å². The molecule has 0 amide bonds. The van der Waals surface area contributed by atoms with Gasteiger partial charge in [-0.25, -0.2) is 12.8 Å².